The smallest absolute Gasteiger partial charge is 0.325 e. The van der Waals surface area contributed by atoms with Crippen molar-refractivity contribution in [2.45, 2.75) is 13.0 Å². The van der Waals surface area contributed by atoms with Crippen molar-refractivity contribution in [1.29, 1.82) is 0 Å². The van der Waals surface area contributed by atoms with Crippen molar-refractivity contribution in [2.24, 2.45) is 0 Å². The van der Waals surface area contributed by atoms with E-state index in [1.807, 2.05) is 28.8 Å². The third-order valence-electron chi connectivity index (χ3n) is 2.58. The van der Waals surface area contributed by atoms with Crippen LogP contribution in [0.3, 0.4) is 0 Å². The van der Waals surface area contributed by atoms with E-state index in [9.17, 15) is 9.59 Å². The zero-order chi connectivity index (χ0) is 13.8. The first-order valence-corrected chi connectivity index (χ1v) is 5.71. The number of carbonyl (C=O) groups is 2. The summed E-state index contributed by atoms with van der Waals surface area (Å²) >= 11 is 0. The third-order valence-corrected chi connectivity index (χ3v) is 2.58. The summed E-state index contributed by atoms with van der Waals surface area (Å²) in [4.78, 5) is 26.3. The van der Waals surface area contributed by atoms with E-state index >= 15 is 0 Å². The molecule has 2 aromatic rings. The molecule has 2 heterocycles. The molecule has 2 N–H and O–H groups in total. The van der Waals surface area contributed by atoms with Crippen LogP contribution in [-0.4, -0.2) is 32.4 Å². The second-order valence-corrected chi connectivity index (χ2v) is 4.01. The van der Waals surface area contributed by atoms with E-state index in [4.69, 9.17) is 5.11 Å². The van der Waals surface area contributed by atoms with E-state index in [0.717, 1.165) is 11.3 Å². The maximum absolute atomic E-state index is 11.5. The van der Waals surface area contributed by atoms with E-state index in [2.05, 4.69) is 10.3 Å². The number of nitrogens with zero attached hydrogens (tertiary/aromatic N) is 2. The Morgan fingerprint density at radius 1 is 1.47 bits per heavy atom. The molecule has 0 bridgehead atoms. The van der Waals surface area contributed by atoms with Crippen LogP contribution >= 0.6 is 0 Å². The zero-order valence-corrected chi connectivity index (χ0v) is 10.3. The first-order chi connectivity index (χ1) is 9.08. The summed E-state index contributed by atoms with van der Waals surface area (Å²) in [7, 11) is 0. The fraction of sp³-hybridized carbons (Fsp3) is 0.154. The fourth-order valence-corrected chi connectivity index (χ4v) is 1.56. The van der Waals surface area contributed by atoms with E-state index < -0.39 is 17.9 Å². The summed E-state index contributed by atoms with van der Waals surface area (Å²) in [6, 6.07) is 4.67. The van der Waals surface area contributed by atoms with E-state index in [1.54, 1.807) is 12.3 Å². The lowest BCUT2D eigenvalue weighted by Crippen LogP contribution is -2.37. The summed E-state index contributed by atoms with van der Waals surface area (Å²) in [6.07, 6.45) is 6.35. The molecule has 19 heavy (non-hydrogen) atoms. The maximum Gasteiger partial charge on any atom is 0.325 e. The Kier molecular flexibility index (Phi) is 3.61. The van der Waals surface area contributed by atoms with Gasteiger partial charge in [0.05, 0.1) is 11.9 Å². The number of imidazole rings is 1. The quantitative estimate of drug-likeness (QED) is 0.800. The fourth-order valence-electron chi connectivity index (χ4n) is 1.56. The predicted molar refractivity (Wildman–Crippen MR) is 69.5 cm³/mol. The lowest BCUT2D eigenvalue weighted by molar-refractivity contribution is -0.140. The number of rotatable bonds is 4. The molecule has 0 radical (unpaired) electrons. The third kappa shape index (κ3) is 2.98. The van der Waals surface area contributed by atoms with Crippen molar-refractivity contribution in [3.05, 3.63) is 42.4 Å². The van der Waals surface area contributed by atoms with Gasteiger partial charge in [0.25, 0.3) is 0 Å². The predicted octanol–water partition coefficient (Wildman–Crippen LogP) is 0.937. The van der Waals surface area contributed by atoms with Gasteiger partial charge in [0, 0.05) is 12.3 Å². The molecule has 6 heteroatoms. The number of carboxylic acid groups (broad SMARTS) is 1. The highest BCUT2D eigenvalue weighted by Gasteiger charge is 2.11. The standard InChI is InChI=1S/C13H13N3O3/c1-9(13(18)19)15-12(17)6-5-10-8-14-11-4-2-3-7-16(10)11/h2-9H,1H3,(H,15,17)(H,18,19)/b6-5+. The molecule has 0 aliphatic carbocycles. The van der Waals surface area contributed by atoms with Crippen LogP contribution in [0.15, 0.2) is 36.7 Å². The molecule has 2 aromatic heterocycles. The number of carbonyl (C=O) groups excluding carboxylic acids is 1. The Bertz CT molecular complexity index is 645. The van der Waals surface area contributed by atoms with Gasteiger partial charge in [-0.05, 0) is 25.1 Å². The highest BCUT2D eigenvalue weighted by Crippen LogP contribution is 2.07. The van der Waals surface area contributed by atoms with Crippen molar-refractivity contribution in [3.63, 3.8) is 0 Å². The van der Waals surface area contributed by atoms with Gasteiger partial charge >= 0.3 is 5.97 Å². The van der Waals surface area contributed by atoms with Gasteiger partial charge in [-0.2, -0.15) is 0 Å². The molecular weight excluding hydrogens is 246 g/mol. The highest BCUT2D eigenvalue weighted by atomic mass is 16.4. The van der Waals surface area contributed by atoms with Gasteiger partial charge in [0.15, 0.2) is 0 Å². The van der Waals surface area contributed by atoms with Crippen molar-refractivity contribution in [1.82, 2.24) is 14.7 Å². The Morgan fingerprint density at radius 2 is 2.26 bits per heavy atom. The summed E-state index contributed by atoms with van der Waals surface area (Å²) in [6.45, 7) is 1.41. The van der Waals surface area contributed by atoms with Crippen LogP contribution in [0.2, 0.25) is 0 Å². The van der Waals surface area contributed by atoms with Gasteiger partial charge in [0.1, 0.15) is 11.7 Å². The van der Waals surface area contributed by atoms with Crippen molar-refractivity contribution < 1.29 is 14.7 Å². The number of amides is 1. The van der Waals surface area contributed by atoms with Crippen LogP contribution in [0.1, 0.15) is 12.6 Å². The summed E-state index contributed by atoms with van der Waals surface area (Å²) in [5, 5.41) is 11.0. The average molecular weight is 259 g/mol. The second-order valence-electron chi connectivity index (χ2n) is 4.01. The van der Waals surface area contributed by atoms with Gasteiger partial charge in [0.2, 0.25) is 5.91 Å². The van der Waals surface area contributed by atoms with Crippen LogP contribution in [0, 0.1) is 0 Å². The molecule has 0 spiro atoms. The number of carboxylic acids is 1. The molecule has 0 aliphatic heterocycles. The molecule has 6 nitrogen and oxygen atoms in total. The lowest BCUT2D eigenvalue weighted by Gasteiger charge is -2.05. The van der Waals surface area contributed by atoms with Gasteiger partial charge in [-0.3, -0.25) is 9.59 Å². The largest absolute Gasteiger partial charge is 0.480 e. The van der Waals surface area contributed by atoms with Gasteiger partial charge in [-0.25, -0.2) is 4.98 Å². The monoisotopic (exact) mass is 259 g/mol. The Morgan fingerprint density at radius 3 is 3.00 bits per heavy atom. The molecule has 0 saturated heterocycles. The van der Waals surface area contributed by atoms with E-state index in [1.165, 1.54) is 13.0 Å². The number of hydrogen-bond acceptors (Lipinski definition) is 3. The summed E-state index contributed by atoms with van der Waals surface area (Å²) in [5.41, 5.74) is 1.52. The lowest BCUT2D eigenvalue weighted by atomic mass is 10.3. The van der Waals surface area contributed by atoms with Crippen LogP contribution < -0.4 is 5.32 Å². The van der Waals surface area contributed by atoms with Crippen LogP contribution in [0.5, 0.6) is 0 Å². The number of fused-ring (bicyclic) bond motifs is 1. The van der Waals surface area contributed by atoms with E-state index in [-0.39, 0.29) is 0 Å². The van der Waals surface area contributed by atoms with Gasteiger partial charge in [-0.15, -0.1) is 0 Å². The Labute approximate surface area is 109 Å². The number of aromatic nitrogens is 2. The molecule has 0 aliphatic rings. The SMILES string of the molecule is CC(NC(=O)/C=C/c1cnc2ccccn12)C(=O)O. The molecule has 0 saturated carbocycles. The molecular formula is C13H13N3O3. The van der Waals surface area contributed by atoms with E-state index in [0.29, 0.717) is 0 Å². The van der Waals surface area contributed by atoms with Crippen LogP contribution in [0.4, 0.5) is 0 Å². The summed E-state index contributed by atoms with van der Waals surface area (Å²) < 4.78 is 1.82. The van der Waals surface area contributed by atoms with Gasteiger partial charge in [-0.1, -0.05) is 6.07 Å². The first-order valence-electron chi connectivity index (χ1n) is 5.71. The van der Waals surface area contributed by atoms with Crippen LogP contribution in [-0.2, 0) is 9.59 Å². The average Bonchev–Trinajstić information content (AvgIpc) is 2.79. The molecule has 0 aromatic carbocycles. The zero-order valence-electron chi connectivity index (χ0n) is 10.3. The molecule has 1 atom stereocenters. The number of hydrogen-bond donors (Lipinski definition) is 2. The van der Waals surface area contributed by atoms with Gasteiger partial charge < -0.3 is 14.8 Å². The second kappa shape index (κ2) is 5.34. The molecule has 0 fully saturated rings. The minimum atomic E-state index is -1.07. The Hall–Kier alpha value is -2.63. The molecule has 98 valence electrons. The molecule has 1 amide bonds. The normalized spacial score (nSPS) is 12.7. The van der Waals surface area contributed by atoms with Crippen molar-refractivity contribution >= 4 is 23.6 Å². The molecule has 1 unspecified atom stereocenters. The first kappa shape index (κ1) is 12.8. The Balaban J connectivity index is 2.10. The number of aliphatic carboxylic acids is 1. The van der Waals surface area contributed by atoms with Crippen molar-refractivity contribution in [2.75, 3.05) is 0 Å². The van der Waals surface area contributed by atoms with Crippen molar-refractivity contribution in [3.8, 4) is 0 Å². The maximum atomic E-state index is 11.5. The number of nitrogens with one attached hydrogen (secondary N) is 1. The summed E-state index contributed by atoms with van der Waals surface area (Å²) in [5.74, 6) is -1.53. The number of pyridine rings is 1. The molecule has 2 rings (SSSR count). The van der Waals surface area contributed by atoms with Crippen LogP contribution in [0.25, 0.3) is 11.7 Å². The topological polar surface area (TPSA) is 83.7 Å². The highest BCUT2D eigenvalue weighted by molar-refractivity contribution is 5.94. The minimum absolute atomic E-state index is 0.458. The minimum Gasteiger partial charge on any atom is -0.480 e.